The van der Waals surface area contributed by atoms with Crippen LogP contribution in [-0.2, 0) is 22.6 Å². The third-order valence-corrected chi connectivity index (χ3v) is 4.66. The number of hydrogen-bond acceptors (Lipinski definition) is 5. The Morgan fingerprint density at radius 2 is 1.81 bits per heavy atom. The van der Waals surface area contributed by atoms with E-state index in [1.54, 1.807) is 37.5 Å². The summed E-state index contributed by atoms with van der Waals surface area (Å²) in [6.07, 6.45) is 2.31. The van der Waals surface area contributed by atoms with Gasteiger partial charge >= 0.3 is 0 Å². The molecule has 1 aliphatic rings. The Hall–Kier alpha value is -2.73. The number of methoxy groups -OCH3 is 2. The number of halogens is 1. The Morgan fingerprint density at radius 1 is 1.15 bits per heavy atom. The van der Waals surface area contributed by atoms with Crippen molar-refractivity contribution in [2.75, 3.05) is 27.4 Å². The second-order valence-electron chi connectivity index (χ2n) is 6.10. The van der Waals surface area contributed by atoms with Crippen LogP contribution in [0.25, 0.3) is 0 Å². The molecule has 0 radical (unpaired) electrons. The highest BCUT2D eigenvalue weighted by Crippen LogP contribution is 2.33. The van der Waals surface area contributed by atoms with Gasteiger partial charge in [-0.1, -0.05) is 28.9 Å². The number of amides is 1. The average Bonchev–Trinajstić information content (AvgIpc) is 2.70. The van der Waals surface area contributed by atoms with Crippen molar-refractivity contribution in [1.82, 2.24) is 4.90 Å². The summed E-state index contributed by atoms with van der Waals surface area (Å²) in [5, 5.41) is 4.50. The van der Waals surface area contributed by atoms with E-state index in [2.05, 4.69) is 5.16 Å². The van der Waals surface area contributed by atoms with Crippen LogP contribution in [0.3, 0.4) is 0 Å². The van der Waals surface area contributed by atoms with Gasteiger partial charge in [-0.05, 0) is 47.4 Å². The summed E-state index contributed by atoms with van der Waals surface area (Å²) >= 11 is 5.83. The number of ether oxygens (including phenoxy) is 2. The molecule has 2 aromatic carbocycles. The summed E-state index contributed by atoms with van der Waals surface area (Å²) in [5.41, 5.74) is 3.06. The molecule has 0 saturated carbocycles. The molecular weight excluding hydrogens is 368 g/mol. The summed E-state index contributed by atoms with van der Waals surface area (Å²) < 4.78 is 10.7. The predicted octanol–water partition coefficient (Wildman–Crippen LogP) is 3.29. The van der Waals surface area contributed by atoms with Crippen LogP contribution in [0.4, 0.5) is 0 Å². The van der Waals surface area contributed by atoms with Crippen LogP contribution in [0.15, 0.2) is 41.6 Å². The van der Waals surface area contributed by atoms with E-state index in [-0.39, 0.29) is 12.5 Å². The summed E-state index contributed by atoms with van der Waals surface area (Å²) in [6.45, 7) is 1.04. The van der Waals surface area contributed by atoms with Crippen molar-refractivity contribution in [2.24, 2.45) is 5.16 Å². The first kappa shape index (κ1) is 19.0. The van der Waals surface area contributed by atoms with Crippen molar-refractivity contribution in [3.63, 3.8) is 0 Å². The molecule has 1 aliphatic heterocycles. The Morgan fingerprint density at radius 3 is 2.48 bits per heavy atom. The quantitative estimate of drug-likeness (QED) is 0.562. The minimum Gasteiger partial charge on any atom is -0.493 e. The zero-order valence-electron chi connectivity index (χ0n) is 15.3. The maximum atomic E-state index is 12.4. The molecule has 142 valence electrons. The van der Waals surface area contributed by atoms with Gasteiger partial charge in [-0.15, -0.1) is 0 Å². The van der Waals surface area contributed by atoms with E-state index in [4.69, 9.17) is 25.9 Å². The topological polar surface area (TPSA) is 60.4 Å². The molecule has 3 rings (SSSR count). The van der Waals surface area contributed by atoms with Crippen LogP contribution in [0.2, 0.25) is 5.02 Å². The second-order valence-corrected chi connectivity index (χ2v) is 6.54. The van der Waals surface area contributed by atoms with E-state index in [0.29, 0.717) is 29.6 Å². The molecule has 0 bridgehead atoms. The third kappa shape index (κ3) is 4.71. The lowest BCUT2D eigenvalue weighted by Gasteiger charge is -2.29. The molecule has 27 heavy (non-hydrogen) atoms. The van der Waals surface area contributed by atoms with Gasteiger partial charge in [0, 0.05) is 18.1 Å². The first-order valence-electron chi connectivity index (χ1n) is 8.53. The van der Waals surface area contributed by atoms with Gasteiger partial charge < -0.3 is 19.2 Å². The number of carbonyl (C=O) groups is 1. The monoisotopic (exact) mass is 388 g/mol. The molecule has 0 aromatic heterocycles. The van der Waals surface area contributed by atoms with E-state index in [9.17, 15) is 4.79 Å². The average molecular weight is 389 g/mol. The summed E-state index contributed by atoms with van der Waals surface area (Å²) in [6, 6.07) is 11.1. The lowest BCUT2D eigenvalue weighted by molar-refractivity contribution is -0.137. The molecule has 0 N–H and O–H groups in total. The van der Waals surface area contributed by atoms with Crippen LogP contribution in [0.5, 0.6) is 11.5 Å². The minimum absolute atomic E-state index is 0.104. The van der Waals surface area contributed by atoms with E-state index in [1.165, 1.54) is 5.56 Å². The van der Waals surface area contributed by atoms with Crippen molar-refractivity contribution in [1.29, 1.82) is 0 Å². The van der Waals surface area contributed by atoms with Gasteiger partial charge in [-0.3, -0.25) is 4.79 Å². The van der Waals surface area contributed by atoms with Gasteiger partial charge in [0.15, 0.2) is 18.1 Å². The van der Waals surface area contributed by atoms with Crippen LogP contribution in [-0.4, -0.2) is 44.4 Å². The van der Waals surface area contributed by atoms with Crippen LogP contribution in [0.1, 0.15) is 16.7 Å². The standard InChI is InChI=1S/C20H21ClN2O4/c1-25-18-9-15-7-8-23(12-16(15)10-19(18)26-2)20(24)13-27-22-11-14-3-5-17(21)6-4-14/h3-6,9-11H,7-8,12-13H2,1-2H3/b22-11+. The molecule has 7 heteroatoms. The first-order chi connectivity index (χ1) is 13.1. The summed E-state index contributed by atoms with van der Waals surface area (Å²) in [5.74, 6) is 1.26. The lowest BCUT2D eigenvalue weighted by atomic mass is 9.99. The number of carbonyl (C=O) groups excluding carboxylic acids is 1. The molecule has 0 atom stereocenters. The molecule has 0 aliphatic carbocycles. The Labute approximate surface area is 163 Å². The molecule has 0 fully saturated rings. The normalized spacial score (nSPS) is 13.4. The number of rotatable bonds is 6. The second kappa shape index (κ2) is 8.77. The molecule has 0 saturated heterocycles. The molecule has 1 heterocycles. The fourth-order valence-corrected chi connectivity index (χ4v) is 3.05. The summed E-state index contributed by atoms with van der Waals surface area (Å²) in [4.78, 5) is 19.3. The van der Waals surface area contributed by atoms with E-state index in [1.807, 2.05) is 24.3 Å². The smallest absolute Gasteiger partial charge is 0.263 e. The Bertz CT molecular complexity index is 837. The van der Waals surface area contributed by atoms with Crippen molar-refractivity contribution in [2.45, 2.75) is 13.0 Å². The SMILES string of the molecule is COc1cc2c(cc1OC)CN(C(=O)CO/N=C/c1ccc(Cl)cc1)CC2. The zero-order chi connectivity index (χ0) is 19.2. The number of hydrogen-bond donors (Lipinski definition) is 0. The lowest BCUT2D eigenvalue weighted by Crippen LogP contribution is -2.38. The van der Waals surface area contributed by atoms with E-state index in [0.717, 1.165) is 17.5 Å². The van der Waals surface area contributed by atoms with Crippen molar-refractivity contribution < 1.29 is 19.1 Å². The van der Waals surface area contributed by atoms with Gasteiger partial charge in [0.25, 0.3) is 5.91 Å². The van der Waals surface area contributed by atoms with Crippen LogP contribution >= 0.6 is 11.6 Å². The number of fused-ring (bicyclic) bond motifs is 1. The number of benzene rings is 2. The first-order valence-corrected chi connectivity index (χ1v) is 8.91. The molecule has 0 unspecified atom stereocenters. The molecule has 0 spiro atoms. The molecule has 2 aromatic rings. The predicted molar refractivity (Wildman–Crippen MR) is 104 cm³/mol. The van der Waals surface area contributed by atoms with Crippen LogP contribution < -0.4 is 9.47 Å². The fourth-order valence-electron chi connectivity index (χ4n) is 2.93. The Kier molecular flexibility index (Phi) is 6.19. The van der Waals surface area contributed by atoms with Gasteiger partial charge in [0.05, 0.1) is 20.4 Å². The van der Waals surface area contributed by atoms with Crippen molar-refractivity contribution in [3.8, 4) is 11.5 Å². The zero-order valence-corrected chi connectivity index (χ0v) is 16.0. The highest BCUT2D eigenvalue weighted by Gasteiger charge is 2.23. The maximum absolute atomic E-state index is 12.4. The number of oxime groups is 1. The molecular formula is C20H21ClN2O4. The fraction of sp³-hybridized carbons (Fsp3) is 0.300. The van der Waals surface area contributed by atoms with Gasteiger partial charge in [0.2, 0.25) is 0 Å². The highest BCUT2D eigenvalue weighted by molar-refractivity contribution is 6.30. The van der Waals surface area contributed by atoms with E-state index < -0.39 is 0 Å². The molecule has 1 amide bonds. The highest BCUT2D eigenvalue weighted by atomic mass is 35.5. The largest absolute Gasteiger partial charge is 0.493 e. The minimum atomic E-state index is -0.108. The van der Waals surface area contributed by atoms with Gasteiger partial charge in [0.1, 0.15) is 0 Å². The summed E-state index contributed by atoms with van der Waals surface area (Å²) in [7, 11) is 3.22. The van der Waals surface area contributed by atoms with Crippen LogP contribution in [0, 0.1) is 0 Å². The third-order valence-electron chi connectivity index (χ3n) is 4.41. The Balaban J connectivity index is 1.56. The van der Waals surface area contributed by atoms with Gasteiger partial charge in [-0.2, -0.15) is 0 Å². The van der Waals surface area contributed by atoms with Crippen molar-refractivity contribution in [3.05, 3.63) is 58.1 Å². The van der Waals surface area contributed by atoms with Crippen molar-refractivity contribution >= 4 is 23.7 Å². The van der Waals surface area contributed by atoms with Gasteiger partial charge in [-0.25, -0.2) is 0 Å². The van der Waals surface area contributed by atoms with E-state index >= 15 is 0 Å². The maximum Gasteiger partial charge on any atom is 0.263 e. The number of nitrogens with zero attached hydrogens (tertiary/aromatic N) is 2. The molecule has 6 nitrogen and oxygen atoms in total.